The molecule has 1 aromatic heterocycles. The number of rotatable bonds is 4. The third-order valence-electron chi connectivity index (χ3n) is 4.22. The molecule has 0 atom stereocenters. The second kappa shape index (κ2) is 7.95. The van der Waals surface area contributed by atoms with E-state index in [0.29, 0.717) is 0 Å². The Hall–Kier alpha value is -2.62. The highest BCUT2D eigenvalue weighted by Crippen LogP contribution is 2.33. The lowest BCUT2D eigenvalue weighted by molar-refractivity contribution is 1.41. The number of benzene rings is 3. The fraction of sp³-hybridized carbons (Fsp3) is 0. The van der Waals surface area contributed by atoms with Gasteiger partial charge in [0.15, 0.2) is 0 Å². The standard InChI is InChI=1S/C23H16BrClN2/c24-18-9-12-20-22(14-18)27-21(13-8-16-6-10-19(25)11-7-16)23(20)26-15-17-4-2-1-3-5-17/h1-15,27H/b13-8?,26-15+. The minimum absolute atomic E-state index is 0.732. The first kappa shape index (κ1) is 17.8. The van der Waals surface area contributed by atoms with Crippen molar-refractivity contribution in [3.8, 4) is 0 Å². The Morgan fingerprint density at radius 1 is 0.852 bits per heavy atom. The molecule has 0 aliphatic carbocycles. The maximum absolute atomic E-state index is 5.97. The molecule has 2 nitrogen and oxygen atoms in total. The third-order valence-corrected chi connectivity index (χ3v) is 4.96. The number of halogens is 2. The van der Waals surface area contributed by atoms with Crippen molar-refractivity contribution in [2.45, 2.75) is 0 Å². The molecule has 4 aromatic rings. The zero-order valence-corrected chi connectivity index (χ0v) is 16.7. The van der Waals surface area contributed by atoms with Crippen molar-refractivity contribution in [2.75, 3.05) is 0 Å². The summed E-state index contributed by atoms with van der Waals surface area (Å²) in [5, 5.41) is 1.82. The lowest BCUT2D eigenvalue weighted by atomic mass is 10.1. The van der Waals surface area contributed by atoms with E-state index in [4.69, 9.17) is 16.6 Å². The van der Waals surface area contributed by atoms with Crippen LogP contribution in [0.15, 0.2) is 82.3 Å². The van der Waals surface area contributed by atoms with Gasteiger partial charge >= 0.3 is 0 Å². The summed E-state index contributed by atoms with van der Waals surface area (Å²) in [6.45, 7) is 0. The van der Waals surface area contributed by atoms with Crippen LogP contribution in [0.3, 0.4) is 0 Å². The first-order valence-corrected chi connectivity index (χ1v) is 9.70. The highest BCUT2D eigenvalue weighted by atomic mass is 79.9. The number of hydrogen-bond acceptors (Lipinski definition) is 1. The Morgan fingerprint density at radius 2 is 1.63 bits per heavy atom. The summed E-state index contributed by atoms with van der Waals surface area (Å²) in [5.41, 5.74) is 5.07. The van der Waals surface area contributed by atoms with Crippen LogP contribution in [0, 0.1) is 0 Å². The minimum atomic E-state index is 0.732. The molecule has 0 radical (unpaired) electrons. The van der Waals surface area contributed by atoms with E-state index in [1.807, 2.05) is 66.9 Å². The lowest BCUT2D eigenvalue weighted by Crippen LogP contribution is -1.79. The van der Waals surface area contributed by atoms with Crippen molar-refractivity contribution in [3.63, 3.8) is 0 Å². The molecule has 3 aromatic carbocycles. The molecule has 0 amide bonds. The van der Waals surface area contributed by atoms with Crippen LogP contribution in [0.2, 0.25) is 5.02 Å². The van der Waals surface area contributed by atoms with Crippen molar-refractivity contribution in [1.29, 1.82) is 0 Å². The normalized spacial score (nSPS) is 11.8. The number of H-pyrrole nitrogens is 1. The number of fused-ring (bicyclic) bond motifs is 1. The van der Waals surface area contributed by atoms with Crippen molar-refractivity contribution in [2.24, 2.45) is 4.99 Å². The average Bonchev–Trinajstić information content (AvgIpc) is 3.03. The number of aliphatic imine (C=N–C) groups is 1. The van der Waals surface area contributed by atoms with Crippen LogP contribution in [-0.4, -0.2) is 11.2 Å². The van der Waals surface area contributed by atoms with Gasteiger partial charge in [-0.15, -0.1) is 0 Å². The molecule has 0 aliphatic heterocycles. The van der Waals surface area contributed by atoms with Crippen LogP contribution < -0.4 is 0 Å². The van der Waals surface area contributed by atoms with E-state index in [0.717, 1.165) is 42.9 Å². The maximum Gasteiger partial charge on any atom is 0.0957 e. The zero-order valence-electron chi connectivity index (χ0n) is 14.4. The van der Waals surface area contributed by atoms with E-state index in [1.165, 1.54) is 0 Å². The number of hydrogen-bond donors (Lipinski definition) is 1. The van der Waals surface area contributed by atoms with Gasteiger partial charge in [0.2, 0.25) is 0 Å². The van der Waals surface area contributed by atoms with Gasteiger partial charge < -0.3 is 4.98 Å². The zero-order chi connectivity index (χ0) is 18.6. The van der Waals surface area contributed by atoms with E-state index in [1.54, 1.807) is 0 Å². The van der Waals surface area contributed by atoms with Gasteiger partial charge in [-0.1, -0.05) is 76.1 Å². The Balaban J connectivity index is 1.76. The fourth-order valence-electron chi connectivity index (χ4n) is 2.87. The molecule has 1 N–H and O–H groups in total. The van der Waals surface area contributed by atoms with Crippen LogP contribution in [0.25, 0.3) is 23.1 Å². The van der Waals surface area contributed by atoms with Gasteiger partial charge in [0, 0.05) is 26.6 Å². The molecule has 1 heterocycles. The van der Waals surface area contributed by atoms with Crippen molar-refractivity contribution < 1.29 is 0 Å². The van der Waals surface area contributed by atoms with Gasteiger partial charge in [-0.05, 0) is 47.5 Å². The minimum Gasteiger partial charge on any atom is -0.353 e. The number of nitrogens with one attached hydrogen (secondary N) is 1. The number of aromatic amines is 1. The number of aromatic nitrogens is 1. The third kappa shape index (κ3) is 4.21. The summed E-state index contributed by atoms with van der Waals surface area (Å²) in [7, 11) is 0. The van der Waals surface area contributed by atoms with Gasteiger partial charge in [-0.3, -0.25) is 4.99 Å². The van der Waals surface area contributed by atoms with Gasteiger partial charge in [0.1, 0.15) is 0 Å². The number of nitrogens with zero attached hydrogens (tertiary/aromatic N) is 1. The van der Waals surface area contributed by atoms with Gasteiger partial charge in [-0.2, -0.15) is 0 Å². The topological polar surface area (TPSA) is 28.1 Å². The summed E-state index contributed by atoms with van der Waals surface area (Å²) < 4.78 is 1.03. The van der Waals surface area contributed by atoms with E-state index in [-0.39, 0.29) is 0 Å². The van der Waals surface area contributed by atoms with E-state index < -0.39 is 0 Å². The molecule has 0 saturated heterocycles. The van der Waals surface area contributed by atoms with Crippen LogP contribution in [0.5, 0.6) is 0 Å². The van der Waals surface area contributed by atoms with Crippen molar-refractivity contribution >= 4 is 62.5 Å². The molecule has 0 unspecified atom stereocenters. The Morgan fingerprint density at radius 3 is 2.41 bits per heavy atom. The Kier molecular flexibility index (Phi) is 5.23. The highest BCUT2D eigenvalue weighted by Gasteiger charge is 2.09. The summed E-state index contributed by atoms with van der Waals surface area (Å²) in [4.78, 5) is 8.24. The van der Waals surface area contributed by atoms with Gasteiger partial charge in [0.05, 0.1) is 11.4 Å². The molecular weight excluding hydrogens is 420 g/mol. The molecule has 0 spiro atoms. The summed E-state index contributed by atoms with van der Waals surface area (Å²) in [5.74, 6) is 0. The van der Waals surface area contributed by atoms with E-state index >= 15 is 0 Å². The van der Waals surface area contributed by atoms with Gasteiger partial charge in [0.25, 0.3) is 0 Å². The molecule has 0 fully saturated rings. The summed E-state index contributed by atoms with van der Waals surface area (Å²) >= 11 is 9.50. The summed E-state index contributed by atoms with van der Waals surface area (Å²) in [6, 6.07) is 24.0. The Labute approximate surface area is 171 Å². The quantitative estimate of drug-likeness (QED) is 0.321. The largest absolute Gasteiger partial charge is 0.353 e. The molecule has 27 heavy (non-hydrogen) atoms. The fourth-order valence-corrected chi connectivity index (χ4v) is 3.35. The second-order valence-corrected chi connectivity index (χ2v) is 7.48. The SMILES string of the molecule is Clc1ccc(C=Cc2[nH]c3cc(Br)ccc3c2/N=C/c2ccccc2)cc1. The molecule has 0 aliphatic rings. The monoisotopic (exact) mass is 434 g/mol. The Bertz CT molecular complexity index is 1130. The predicted molar refractivity (Wildman–Crippen MR) is 120 cm³/mol. The molecular formula is C23H16BrClN2. The van der Waals surface area contributed by atoms with Crippen molar-refractivity contribution in [3.05, 3.63) is 99.1 Å². The molecule has 0 saturated carbocycles. The van der Waals surface area contributed by atoms with Crippen LogP contribution >= 0.6 is 27.5 Å². The molecule has 4 heteroatoms. The van der Waals surface area contributed by atoms with Crippen LogP contribution in [0.1, 0.15) is 16.8 Å². The van der Waals surface area contributed by atoms with Gasteiger partial charge in [-0.25, -0.2) is 0 Å². The first-order chi connectivity index (χ1) is 13.2. The summed E-state index contributed by atoms with van der Waals surface area (Å²) in [6.07, 6.45) is 6.00. The van der Waals surface area contributed by atoms with E-state index in [2.05, 4.69) is 45.2 Å². The van der Waals surface area contributed by atoms with Crippen LogP contribution in [-0.2, 0) is 0 Å². The maximum atomic E-state index is 5.97. The second-order valence-electron chi connectivity index (χ2n) is 6.13. The highest BCUT2D eigenvalue weighted by molar-refractivity contribution is 9.10. The lowest BCUT2D eigenvalue weighted by Gasteiger charge is -1.97. The molecule has 4 rings (SSSR count). The molecule has 132 valence electrons. The van der Waals surface area contributed by atoms with Crippen LogP contribution in [0.4, 0.5) is 5.69 Å². The smallest absolute Gasteiger partial charge is 0.0957 e. The molecule has 0 bridgehead atoms. The predicted octanol–water partition coefficient (Wildman–Crippen LogP) is 7.50. The van der Waals surface area contributed by atoms with E-state index in [9.17, 15) is 0 Å². The first-order valence-electron chi connectivity index (χ1n) is 8.53. The average molecular weight is 436 g/mol. The van der Waals surface area contributed by atoms with Crippen molar-refractivity contribution in [1.82, 2.24) is 4.98 Å².